The van der Waals surface area contributed by atoms with Crippen LogP contribution in [0.5, 0.6) is 11.5 Å². The lowest BCUT2D eigenvalue weighted by molar-refractivity contribution is 0.102. The maximum atomic E-state index is 13.8. The summed E-state index contributed by atoms with van der Waals surface area (Å²) in [6.45, 7) is 9.15. The lowest BCUT2D eigenvalue weighted by Gasteiger charge is -2.14. The summed E-state index contributed by atoms with van der Waals surface area (Å²) in [7, 11) is 0. The zero-order valence-electron chi connectivity index (χ0n) is 25.1. The molecule has 1 heterocycles. The molecule has 0 saturated heterocycles. The predicted octanol–water partition coefficient (Wildman–Crippen LogP) is 9.31. The Morgan fingerprint density at radius 3 is 2.55 bits per heavy atom. The zero-order valence-corrected chi connectivity index (χ0v) is 25.9. The van der Waals surface area contributed by atoms with Gasteiger partial charge in [-0.1, -0.05) is 54.8 Å². The topological polar surface area (TPSA) is 59.9 Å². The maximum Gasteiger partial charge on any atom is 0.259 e. The van der Waals surface area contributed by atoms with Gasteiger partial charge in [0.15, 0.2) is 11.5 Å². The van der Waals surface area contributed by atoms with Crippen LogP contribution in [0.25, 0.3) is 0 Å². The maximum absolute atomic E-state index is 13.8. The van der Waals surface area contributed by atoms with Gasteiger partial charge in [-0.3, -0.25) is 4.79 Å². The minimum Gasteiger partial charge on any atom is -0.490 e. The van der Waals surface area contributed by atoms with Crippen molar-refractivity contribution in [3.8, 4) is 11.5 Å². The molecular formula is C36H40N2O3S. The minimum absolute atomic E-state index is 0.0798. The van der Waals surface area contributed by atoms with Crippen LogP contribution in [0.1, 0.15) is 81.2 Å². The van der Waals surface area contributed by atoms with Crippen LogP contribution in [0.15, 0.2) is 65.7 Å². The van der Waals surface area contributed by atoms with Gasteiger partial charge in [0.2, 0.25) is 0 Å². The summed E-state index contributed by atoms with van der Waals surface area (Å²) in [5.74, 6) is 1.30. The number of nitrogens with one attached hydrogen (secondary N) is 1. The second-order valence-corrected chi connectivity index (χ2v) is 12.1. The molecule has 0 spiro atoms. The molecule has 1 N–H and O–H groups in total. The normalized spacial score (nSPS) is 13.3. The molecule has 5 rings (SSSR count). The van der Waals surface area contributed by atoms with E-state index in [0.29, 0.717) is 24.7 Å². The number of nitrogens with zero attached hydrogens (tertiary/aromatic N) is 1. The first-order valence-corrected chi connectivity index (χ1v) is 15.8. The molecule has 218 valence electrons. The van der Waals surface area contributed by atoms with Crippen molar-refractivity contribution in [3.05, 3.63) is 104 Å². The van der Waals surface area contributed by atoms with Crippen LogP contribution in [-0.2, 0) is 19.4 Å². The molecule has 0 bridgehead atoms. The summed E-state index contributed by atoms with van der Waals surface area (Å²) in [5.41, 5.74) is 8.19. The highest BCUT2D eigenvalue weighted by Gasteiger charge is 2.24. The van der Waals surface area contributed by atoms with Gasteiger partial charge in [-0.25, -0.2) is 4.99 Å². The number of amides is 1. The van der Waals surface area contributed by atoms with Gasteiger partial charge in [-0.05, 0) is 105 Å². The standard InChI is InChI=1S/C36H40N2O3S/c1-5-40-32-21-27(18-19-31(32)41-23-28-14-10-12-24(2)20-28)22-37-36-34(29-15-8-6-7-9-17-33(29)42-36)35(39)38-30-16-11-13-25(3)26(30)4/h10-14,16,18-22H,5-9,15,17,23H2,1-4H3,(H,38,39). The lowest BCUT2D eigenvalue weighted by Crippen LogP contribution is -2.15. The first kappa shape index (κ1) is 29.6. The van der Waals surface area contributed by atoms with E-state index in [0.717, 1.165) is 64.2 Å². The number of hydrogen-bond donors (Lipinski definition) is 1. The van der Waals surface area contributed by atoms with E-state index >= 15 is 0 Å². The van der Waals surface area contributed by atoms with Crippen molar-refractivity contribution in [2.24, 2.45) is 4.99 Å². The summed E-state index contributed by atoms with van der Waals surface area (Å²) in [5, 5.41) is 3.97. The first-order valence-electron chi connectivity index (χ1n) is 14.9. The number of fused-ring (bicyclic) bond motifs is 1. The number of anilines is 1. The molecule has 3 aromatic carbocycles. The molecule has 0 fully saturated rings. The summed E-state index contributed by atoms with van der Waals surface area (Å²) >= 11 is 1.66. The third kappa shape index (κ3) is 7.11. The van der Waals surface area contributed by atoms with Crippen molar-refractivity contribution >= 4 is 34.1 Å². The van der Waals surface area contributed by atoms with Crippen LogP contribution in [0.2, 0.25) is 0 Å². The van der Waals surface area contributed by atoms with Crippen molar-refractivity contribution < 1.29 is 14.3 Å². The van der Waals surface area contributed by atoms with Gasteiger partial charge in [0.1, 0.15) is 11.6 Å². The molecule has 4 aromatic rings. The van der Waals surface area contributed by atoms with E-state index in [1.807, 2.05) is 56.5 Å². The fourth-order valence-corrected chi connectivity index (χ4v) is 6.62. The number of carbonyl (C=O) groups excluding carboxylic acids is 1. The number of thiophene rings is 1. The van der Waals surface area contributed by atoms with Crippen molar-refractivity contribution in [1.82, 2.24) is 0 Å². The predicted molar refractivity (Wildman–Crippen MR) is 174 cm³/mol. The van der Waals surface area contributed by atoms with Gasteiger partial charge in [0.25, 0.3) is 5.91 Å². The van der Waals surface area contributed by atoms with Crippen LogP contribution < -0.4 is 14.8 Å². The highest BCUT2D eigenvalue weighted by molar-refractivity contribution is 7.16. The summed E-state index contributed by atoms with van der Waals surface area (Å²) in [6, 6.07) is 20.2. The third-order valence-electron chi connectivity index (χ3n) is 7.81. The summed E-state index contributed by atoms with van der Waals surface area (Å²) < 4.78 is 12.1. The molecular weight excluding hydrogens is 540 g/mol. The molecule has 5 nitrogen and oxygen atoms in total. The Labute approximate surface area is 253 Å². The Balaban J connectivity index is 1.43. The largest absolute Gasteiger partial charge is 0.490 e. The van der Waals surface area contributed by atoms with Crippen LogP contribution in [-0.4, -0.2) is 18.7 Å². The Bertz CT molecular complexity index is 1590. The molecule has 1 aliphatic carbocycles. The highest BCUT2D eigenvalue weighted by atomic mass is 32.1. The van der Waals surface area contributed by atoms with E-state index in [4.69, 9.17) is 14.5 Å². The average Bonchev–Trinajstić information content (AvgIpc) is 3.30. The van der Waals surface area contributed by atoms with E-state index < -0.39 is 0 Å². The summed E-state index contributed by atoms with van der Waals surface area (Å²) in [4.78, 5) is 20.0. The smallest absolute Gasteiger partial charge is 0.259 e. The first-order chi connectivity index (χ1) is 20.4. The Kier molecular flexibility index (Phi) is 9.75. The Morgan fingerprint density at radius 1 is 0.929 bits per heavy atom. The molecule has 0 atom stereocenters. The van der Waals surface area contributed by atoms with Gasteiger partial charge in [-0.2, -0.15) is 0 Å². The van der Waals surface area contributed by atoms with Crippen molar-refractivity contribution in [2.75, 3.05) is 11.9 Å². The van der Waals surface area contributed by atoms with Gasteiger partial charge >= 0.3 is 0 Å². The lowest BCUT2D eigenvalue weighted by atomic mass is 9.96. The monoisotopic (exact) mass is 580 g/mol. The van der Waals surface area contributed by atoms with E-state index in [2.05, 4.69) is 43.4 Å². The second-order valence-electron chi connectivity index (χ2n) is 11.0. The number of aryl methyl sites for hydroxylation is 3. The molecule has 42 heavy (non-hydrogen) atoms. The van der Waals surface area contributed by atoms with Gasteiger partial charge in [0.05, 0.1) is 12.2 Å². The number of carbonyl (C=O) groups is 1. The van der Waals surface area contributed by atoms with E-state index in [1.165, 1.54) is 28.8 Å². The molecule has 1 amide bonds. The number of aliphatic imine (C=N–C) groups is 1. The van der Waals surface area contributed by atoms with Gasteiger partial charge < -0.3 is 14.8 Å². The third-order valence-corrected chi connectivity index (χ3v) is 9.01. The van der Waals surface area contributed by atoms with Crippen molar-refractivity contribution in [2.45, 2.75) is 72.8 Å². The molecule has 0 aliphatic heterocycles. The molecule has 1 aliphatic rings. The molecule has 0 unspecified atom stereocenters. The minimum atomic E-state index is -0.0798. The van der Waals surface area contributed by atoms with Gasteiger partial charge in [-0.15, -0.1) is 11.3 Å². The molecule has 1 aromatic heterocycles. The number of hydrogen-bond acceptors (Lipinski definition) is 5. The molecule has 0 saturated carbocycles. The van der Waals surface area contributed by atoms with Crippen LogP contribution >= 0.6 is 11.3 Å². The Morgan fingerprint density at radius 2 is 1.74 bits per heavy atom. The molecule has 0 radical (unpaired) electrons. The molecule has 6 heteroatoms. The van der Waals surface area contributed by atoms with Crippen LogP contribution in [0.4, 0.5) is 10.7 Å². The second kappa shape index (κ2) is 13.8. The van der Waals surface area contributed by atoms with Crippen LogP contribution in [0.3, 0.4) is 0 Å². The SMILES string of the molecule is CCOc1cc(C=Nc2sc3c(c2C(=O)Nc2cccc(C)c2C)CCCCCC3)ccc1OCc1cccc(C)c1. The average molecular weight is 581 g/mol. The fraction of sp³-hybridized carbons (Fsp3) is 0.333. The van der Waals surface area contributed by atoms with Crippen LogP contribution in [0, 0.1) is 20.8 Å². The highest BCUT2D eigenvalue weighted by Crippen LogP contribution is 2.40. The summed E-state index contributed by atoms with van der Waals surface area (Å²) in [6.07, 6.45) is 8.43. The fourth-order valence-electron chi connectivity index (χ4n) is 5.39. The van der Waals surface area contributed by atoms with E-state index in [1.54, 1.807) is 11.3 Å². The van der Waals surface area contributed by atoms with Gasteiger partial charge in [0, 0.05) is 16.8 Å². The van der Waals surface area contributed by atoms with Crippen molar-refractivity contribution in [3.63, 3.8) is 0 Å². The number of rotatable bonds is 9. The van der Waals surface area contributed by atoms with Crippen molar-refractivity contribution in [1.29, 1.82) is 0 Å². The number of ether oxygens (including phenoxy) is 2. The Hall–Kier alpha value is -3.90. The zero-order chi connectivity index (χ0) is 29.5. The number of benzene rings is 3. The quantitative estimate of drug-likeness (QED) is 0.201. The van der Waals surface area contributed by atoms with E-state index in [9.17, 15) is 4.79 Å². The van der Waals surface area contributed by atoms with E-state index in [-0.39, 0.29) is 5.91 Å².